The molecule has 4 rings (SSSR count). The highest BCUT2D eigenvalue weighted by atomic mass is 32.1. The van der Waals surface area contributed by atoms with Crippen LogP contribution in [0.4, 0.5) is 5.69 Å². The summed E-state index contributed by atoms with van der Waals surface area (Å²) in [6.07, 6.45) is 2.26. The van der Waals surface area contributed by atoms with Gasteiger partial charge in [0, 0.05) is 12.2 Å². The Hall–Kier alpha value is -1.98. The van der Waals surface area contributed by atoms with Gasteiger partial charge in [-0.15, -0.1) is 11.3 Å². The summed E-state index contributed by atoms with van der Waals surface area (Å²) >= 11 is 7.47. The van der Waals surface area contributed by atoms with Crippen molar-refractivity contribution in [1.29, 1.82) is 0 Å². The third kappa shape index (κ3) is 3.01. The van der Waals surface area contributed by atoms with Crippen molar-refractivity contribution >= 4 is 44.6 Å². The van der Waals surface area contributed by atoms with E-state index in [0.717, 1.165) is 35.7 Å². The van der Waals surface area contributed by atoms with Gasteiger partial charge in [0.25, 0.3) is 0 Å². The number of aromatic nitrogens is 1. The molecule has 0 bridgehead atoms. The first-order valence-electron chi connectivity index (χ1n) is 8.20. The zero-order valence-corrected chi connectivity index (χ0v) is 15.2. The van der Waals surface area contributed by atoms with Crippen LogP contribution in [0.5, 0.6) is 0 Å². The Kier molecular flexibility index (Phi) is 4.21. The number of thiocarbonyl (C=S) groups is 1. The summed E-state index contributed by atoms with van der Waals surface area (Å²) in [6, 6.07) is 16.9. The summed E-state index contributed by atoms with van der Waals surface area (Å²) in [5, 5.41) is 5.35. The summed E-state index contributed by atoms with van der Waals surface area (Å²) in [4.78, 5) is 7.13. The molecule has 1 aliphatic heterocycles. The second-order valence-electron chi connectivity index (χ2n) is 6.17. The largest absolute Gasteiger partial charge is 0.340 e. The summed E-state index contributed by atoms with van der Waals surface area (Å²) in [5.41, 5.74) is 3.36. The topological polar surface area (TPSA) is 28.2 Å². The lowest BCUT2D eigenvalue weighted by atomic mass is 10.2. The van der Waals surface area contributed by atoms with Crippen molar-refractivity contribution in [2.24, 2.45) is 0 Å². The number of para-hydroxylation sites is 1. The third-order valence-electron chi connectivity index (χ3n) is 4.38. The van der Waals surface area contributed by atoms with Gasteiger partial charge in [-0.2, -0.15) is 0 Å². The minimum Gasteiger partial charge on any atom is -0.340 e. The number of nitrogens with one attached hydrogen (secondary N) is 1. The molecule has 3 aromatic rings. The first-order valence-corrected chi connectivity index (χ1v) is 9.43. The smallest absolute Gasteiger partial charge is 0.174 e. The molecule has 0 unspecified atom stereocenters. The van der Waals surface area contributed by atoms with Gasteiger partial charge in [0.05, 0.1) is 16.3 Å². The van der Waals surface area contributed by atoms with Crippen LogP contribution in [0.1, 0.15) is 29.5 Å². The Labute approximate surface area is 151 Å². The van der Waals surface area contributed by atoms with Crippen LogP contribution in [-0.2, 0) is 0 Å². The maximum Gasteiger partial charge on any atom is 0.174 e. The highest BCUT2D eigenvalue weighted by molar-refractivity contribution is 7.80. The number of aryl methyl sites for hydroxylation is 1. The minimum atomic E-state index is 0.284. The predicted octanol–water partition coefficient (Wildman–Crippen LogP) is 5.14. The number of rotatable bonds is 2. The maximum atomic E-state index is 5.69. The Morgan fingerprint density at radius 1 is 1.25 bits per heavy atom. The van der Waals surface area contributed by atoms with Crippen LogP contribution in [0.15, 0.2) is 48.5 Å². The highest BCUT2D eigenvalue weighted by Gasteiger charge is 2.30. The quantitative estimate of drug-likeness (QED) is 0.646. The average molecular weight is 354 g/mol. The number of hydrogen-bond donors (Lipinski definition) is 1. The zero-order chi connectivity index (χ0) is 16.5. The molecule has 0 amide bonds. The van der Waals surface area contributed by atoms with Crippen molar-refractivity contribution < 1.29 is 0 Å². The van der Waals surface area contributed by atoms with E-state index in [-0.39, 0.29) is 6.04 Å². The van der Waals surface area contributed by atoms with E-state index >= 15 is 0 Å². The first kappa shape index (κ1) is 15.5. The molecule has 2 heterocycles. The second-order valence-corrected chi connectivity index (χ2v) is 7.62. The summed E-state index contributed by atoms with van der Waals surface area (Å²) in [5.74, 6) is 0. The number of benzene rings is 2. The Morgan fingerprint density at radius 3 is 2.96 bits per heavy atom. The van der Waals surface area contributed by atoms with E-state index in [1.807, 2.05) is 6.07 Å². The molecule has 2 aromatic carbocycles. The SMILES string of the molecule is Cc1cccc(NC(=S)N2CCC[C@@H]2c2nc3ccccc3s2)c1. The lowest BCUT2D eigenvalue weighted by molar-refractivity contribution is 0.405. The van der Waals surface area contributed by atoms with Gasteiger partial charge >= 0.3 is 0 Å². The molecular formula is C19H19N3S2. The molecule has 0 saturated carbocycles. The lowest BCUT2D eigenvalue weighted by Crippen LogP contribution is -2.34. The Morgan fingerprint density at radius 2 is 2.12 bits per heavy atom. The number of anilines is 1. The molecule has 1 fully saturated rings. The normalized spacial score (nSPS) is 17.4. The number of thiazole rings is 1. The van der Waals surface area contributed by atoms with Crippen LogP contribution in [0.3, 0.4) is 0 Å². The van der Waals surface area contributed by atoms with Gasteiger partial charge in [-0.05, 0) is 61.8 Å². The van der Waals surface area contributed by atoms with Gasteiger partial charge in [-0.3, -0.25) is 0 Å². The molecule has 1 saturated heterocycles. The Bertz CT molecular complexity index is 854. The summed E-state index contributed by atoms with van der Waals surface area (Å²) < 4.78 is 1.25. The van der Waals surface area contributed by atoms with Crippen molar-refractivity contribution in [2.45, 2.75) is 25.8 Å². The molecule has 1 N–H and O–H groups in total. The van der Waals surface area contributed by atoms with Gasteiger partial charge in [0.15, 0.2) is 5.11 Å². The molecule has 3 nitrogen and oxygen atoms in total. The van der Waals surface area contributed by atoms with E-state index in [9.17, 15) is 0 Å². The fourth-order valence-corrected chi connectivity index (χ4v) is 4.67. The van der Waals surface area contributed by atoms with Crippen molar-refractivity contribution in [3.8, 4) is 0 Å². The number of hydrogen-bond acceptors (Lipinski definition) is 3. The number of likely N-dealkylation sites (tertiary alicyclic amines) is 1. The average Bonchev–Trinajstić information content (AvgIpc) is 3.21. The Balaban J connectivity index is 1.56. The highest BCUT2D eigenvalue weighted by Crippen LogP contribution is 2.36. The van der Waals surface area contributed by atoms with Crippen LogP contribution in [-0.4, -0.2) is 21.5 Å². The minimum absolute atomic E-state index is 0.284. The fourth-order valence-electron chi connectivity index (χ4n) is 3.22. The van der Waals surface area contributed by atoms with Gasteiger partial charge in [0.1, 0.15) is 5.01 Å². The van der Waals surface area contributed by atoms with Crippen LogP contribution in [0.2, 0.25) is 0 Å². The molecule has 0 spiro atoms. The second kappa shape index (κ2) is 6.49. The number of fused-ring (bicyclic) bond motifs is 1. The van der Waals surface area contributed by atoms with Crippen LogP contribution >= 0.6 is 23.6 Å². The molecule has 122 valence electrons. The van der Waals surface area contributed by atoms with Crippen LogP contribution in [0.25, 0.3) is 10.2 Å². The van der Waals surface area contributed by atoms with Gasteiger partial charge in [0.2, 0.25) is 0 Å². The molecule has 1 aromatic heterocycles. The van der Waals surface area contributed by atoms with Crippen molar-refractivity contribution in [2.75, 3.05) is 11.9 Å². The molecule has 1 atom stereocenters. The van der Waals surface area contributed by atoms with E-state index in [0.29, 0.717) is 0 Å². The fraction of sp³-hybridized carbons (Fsp3) is 0.263. The summed E-state index contributed by atoms with van der Waals surface area (Å²) in [7, 11) is 0. The predicted molar refractivity (Wildman–Crippen MR) is 106 cm³/mol. The van der Waals surface area contributed by atoms with Crippen molar-refractivity contribution in [3.05, 3.63) is 59.1 Å². The standard InChI is InChI=1S/C19H19N3S2/c1-13-6-4-7-14(12-13)20-19(23)22-11-5-9-16(22)18-21-15-8-2-3-10-17(15)24-18/h2-4,6-8,10,12,16H,5,9,11H2,1H3,(H,20,23)/t16-/m1/s1. The summed E-state index contributed by atoms with van der Waals surface area (Å²) in [6.45, 7) is 3.08. The molecular weight excluding hydrogens is 334 g/mol. The van der Waals surface area contributed by atoms with Gasteiger partial charge in [-0.1, -0.05) is 24.3 Å². The van der Waals surface area contributed by atoms with Crippen LogP contribution in [0, 0.1) is 6.92 Å². The van der Waals surface area contributed by atoms with Crippen LogP contribution < -0.4 is 5.32 Å². The maximum absolute atomic E-state index is 5.69. The lowest BCUT2D eigenvalue weighted by Gasteiger charge is -2.26. The molecule has 5 heteroatoms. The van der Waals surface area contributed by atoms with Gasteiger partial charge in [-0.25, -0.2) is 4.98 Å². The monoisotopic (exact) mass is 353 g/mol. The van der Waals surface area contributed by atoms with Gasteiger partial charge < -0.3 is 10.2 Å². The van der Waals surface area contributed by atoms with Crippen molar-refractivity contribution in [3.63, 3.8) is 0 Å². The van der Waals surface area contributed by atoms with E-state index < -0.39 is 0 Å². The van der Waals surface area contributed by atoms with E-state index in [2.05, 4.69) is 59.6 Å². The molecule has 0 aliphatic carbocycles. The first-order chi connectivity index (χ1) is 11.7. The van der Waals surface area contributed by atoms with E-state index in [1.165, 1.54) is 15.3 Å². The molecule has 1 aliphatic rings. The zero-order valence-electron chi connectivity index (χ0n) is 13.5. The third-order valence-corrected chi connectivity index (χ3v) is 5.85. The molecule has 24 heavy (non-hydrogen) atoms. The number of nitrogens with zero attached hydrogens (tertiary/aromatic N) is 2. The molecule has 0 radical (unpaired) electrons. The van der Waals surface area contributed by atoms with E-state index in [1.54, 1.807) is 11.3 Å². The van der Waals surface area contributed by atoms with E-state index in [4.69, 9.17) is 17.2 Å². The van der Waals surface area contributed by atoms with Crippen molar-refractivity contribution in [1.82, 2.24) is 9.88 Å².